The number of alkyl halides is 6. The fraction of sp³-hybridized carbons (Fsp3) is 0.478. The van der Waals surface area contributed by atoms with Gasteiger partial charge in [0.2, 0.25) is 0 Å². The third-order valence-corrected chi connectivity index (χ3v) is 6.01. The smallest absolute Gasteiger partial charge is 0.373 e. The van der Waals surface area contributed by atoms with E-state index in [1.807, 2.05) is 30.3 Å². The van der Waals surface area contributed by atoms with Crippen LogP contribution in [0.2, 0.25) is 0 Å². The van der Waals surface area contributed by atoms with Gasteiger partial charge in [-0.25, -0.2) is 0 Å². The second-order valence-electron chi connectivity index (χ2n) is 8.29. The van der Waals surface area contributed by atoms with Gasteiger partial charge in [-0.15, -0.1) is 0 Å². The molecule has 0 bridgehead atoms. The summed E-state index contributed by atoms with van der Waals surface area (Å²) in [6, 6.07) is 11.2. The Bertz CT molecular complexity index is 840. The Morgan fingerprint density at radius 3 is 2.00 bits per heavy atom. The molecule has 2 N–H and O–H groups in total. The molecular weight excluding hydrogens is 420 g/mol. The highest BCUT2D eigenvalue weighted by molar-refractivity contribution is 5.35. The van der Waals surface area contributed by atoms with Gasteiger partial charge in [-0.05, 0) is 68.0 Å². The minimum atomic E-state index is -4.88. The maximum Gasteiger partial charge on any atom is 0.416 e. The van der Waals surface area contributed by atoms with E-state index in [-0.39, 0.29) is 23.7 Å². The van der Waals surface area contributed by atoms with Crippen LogP contribution in [0.15, 0.2) is 48.5 Å². The van der Waals surface area contributed by atoms with E-state index in [2.05, 4.69) is 0 Å². The van der Waals surface area contributed by atoms with Crippen molar-refractivity contribution in [2.45, 2.75) is 50.1 Å². The van der Waals surface area contributed by atoms with E-state index in [1.54, 1.807) is 0 Å². The Labute approximate surface area is 177 Å². The van der Waals surface area contributed by atoms with Gasteiger partial charge in [0.05, 0.1) is 23.8 Å². The van der Waals surface area contributed by atoms with Gasteiger partial charge < -0.3 is 10.5 Å². The molecule has 1 fully saturated rings. The van der Waals surface area contributed by atoms with Crippen LogP contribution in [0, 0.1) is 5.92 Å². The van der Waals surface area contributed by atoms with Crippen LogP contribution >= 0.6 is 0 Å². The SMILES string of the molecule is C[C@@H](OCC1(c2ccccc2)CC(CCN)C1)c1cc(C(F)(F)F)cc(C(F)(F)F)c1. The minimum absolute atomic E-state index is 0.130. The van der Waals surface area contributed by atoms with Crippen molar-refractivity contribution in [2.75, 3.05) is 13.2 Å². The van der Waals surface area contributed by atoms with Crippen molar-refractivity contribution in [3.63, 3.8) is 0 Å². The first-order valence-electron chi connectivity index (χ1n) is 10.1. The summed E-state index contributed by atoms with van der Waals surface area (Å²) in [5.41, 5.74) is 3.56. The van der Waals surface area contributed by atoms with E-state index in [4.69, 9.17) is 10.5 Å². The maximum absolute atomic E-state index is 13.2. The van der Waals surface area contributed by atoms with Crippen LogP contribution in [0.3, 0.4) is 0 Å². The van der Waals surface area contributed by atoms with E-state index >= 15 is 0 Å². The Morgan fingerprint density at radius 1 is 0.968 bits per heavy atom. The minimum Gasteiger partial charge on any atom is -0.373 e. The van der Waals surface area contributed by atoms with Crippen molar-refractivity contribution in [3.05, 3.63) is 70.8 Å². The molecule has 0 radical (unpaired) electrons. The van der Waals surface area contributed by atoms with Crippen molar-refractivity contribution < 1.29 is 31.1 Å². The normalized spacial score (nSPS) is 22.8. The van der Waals surface area contributed by atoms with Gasteiger partial charge in [-0.3, -0.25) is 0 Å². The van der Waals surface area contributed by atoms with Gasteiger partial charge in [0.25, 0.3) is 0 Å². The number of halogens is 6. The van der Waals surface area contributed by atoms with Crippen molar-refractivity contribution in [2.24, 2.45) is 11.7 Å². The Morgan fingerprint density at radius 2 is 1.52 bits per heavy atom. The highest BCUT2D eigenvalue weighted by atomic mass is 19.4. The largest absolute Gasteiger partial charge is 0.416 e. The first-order valence-corrected chi connectivity index (χ1v) is 10.1. The fourth-order valence-electron chi connectivity index (χ4n) is 4.31. The zero-order valence-corrected chi connectivity index (χ0v) is 17.1. The summed E-state index contributed by atoms with van der Waals surface area (Å²) in [6.45, 7) is 2.25. The summed E-state index contributed by atoms with van der Waals surface area (Å²) in [7, 11) is 0. The number of benzene rings is 2. The summed E-state index contributed by atoms with van der Waals surface area (Å²) < 4.78 is 84.8. The van der Waals surface area contributed by atoms with Crippen LogP contribution < -0.4 is 5.73 Å². The molecule has 0 heterocycles. The van der Waals surface area contributed by atoms with Gasteiger partial charge in [-0.2, -0.15) is 26.3 Å². The molecule has 1 atom stereocenters. The third-order valence-electron chi connectivity index (χ3n) is 6.01. The number of rotatable bonds is 7. The summed E-state index contributed by atoms with van der Waals surface area (Å²) >= 11 is 0. The van der Waals surface area contributed by atoms with Crippen LogP contribution in [0.4, 0.5) is 26.3 Å². The van der Waals surface area contributed by atoms with Crippen LogP contribution in [-0.2, 0) is 22.5 Å². The average Bonchev–Trinajstić information content (AvgIpc) is 2.68. The molecule has 1 aliphatic carbocycles. The van der Waals surface area contributed by atoms with E-state index in [9.17, 15) is 26.3 Å². The number of ether oxygens (including phenoxy) is 1. The van der Waals surface area contributed by atoms with Gasteiger partial charge in [0.1, 0.15) is 0 Å². The summed E-state index contributed by atoms with van der Waals surface area (Å²) in [5.74, 6) is 0.425. The standard InChI is InChI=1S/C23H25F6NO/c1-15(17-9-19(22(24,25)26)11-20(10-17)23(27,28)29)31-14-21(12-16(13-21)7-8-30)18-5-3-2-4-6-18/h2-6,9-11,15-16H,7-8,12-14,30H2,1H3/t15-,16?,21?/m1/s1. The Kier molecular flexibility index (Phi) is 6.72. The maximum atomic E-state index is 13.2. The number of nitrogens with two attached hydrogens (primary N) is 1. The Balaban J connectivity index is 1.82. The van der Waals surface area contributed by atoms with Crippen LogP contribution in [0.1, 0.15) is 54.5 Å². The summed E-state index contributed by atoms with van der Waals surface area (Å²) in [6.07, 6.45) is -8.20. The zero-order chi connectivity index (χ0) is 22.9. The monoisotopic (exact) mass is 445 g/mol. The summed E-state index contributed by atoms with van der Waals surface area (Å²) in [4.78, 5) is 0. The molecule has 0 spiro atoms. The molecule has 0 saturated heterocycles. The van der Waals surface area contributed by atoms with Crippen LogP contribution in [0.5, 0.6) is 0 Å². The molecule has 2 aromatic rings. The highest BCUT2D eigenvalue weighted by Crippen LogP contribution is 2.50. The predicted octanol–water partition coefficient (Wildman–Crippen LogP) is 6.50. The second kappa shape index (κ2) is 8.82. The molecule has 2 nitrogen and oxygen atoms in total. The third kappa shape index (κ3) is 5.41. The highest BCUT2D eigenvalue weighted by Gasteiger charge is 2.45. The number of hydrogen-bond acceptors (Lipinski definition) is 2. The lowest BCUT2D eigenvalue weighted by Gasteiger charge is -2.48. The zero-order valence-electron chi connectivity index (χ0n) is 17.1. The molecule has 0 aliphatic heterocycles. The van der Waals surface area contributed by atoms with E-state index in [1.165, 1.54) is 6.92 Å². The van der Waals surface area contributed by atoms with Crippen LogP contribution in [0.25, 0.3) is 0 Å². The van der Waals surface area contributed by atoms with Crippen molar-refractivity contribution in [3.8, 4) is 0 Å². The lowest BCUT2D eigenvalue weighted by Crippen LogP contribution is -2.45. The topological polar surface area (TPSA) is 35.2 Å². The van der Waals surface area contributed by atoms with Gasteiger partial charge in [0, 0.05) is 5.41 Å². The lowest BCUT2D eigenvalue weighted by molar-refractivity contribution is -0.143. The first kappa shape index (κ1) is 23.6. The average molecular weight is 445 g/mol. The molecule has 170 valence electrons. The predicted molar refractivity (Wildman–Crippen MR) is 105 cm³/mol. The van der Waals surface area contributed by atoms with Gasteiger partial charge >= 0.3 is 12.4 Å². The Hall–Kier alpha value is -2.06. The van der Waals surface area contributed by atoms with Crippen molar-refractivity contribution >= 4 is 0 Å². The molecular formula is C23H25F6NO. The molecule has 3 rings (SSSR count). The molecule has 0 unspecified atom stereocenters. The van der Waals surface area contributed by atoms with Gasteiger partial charge in [0.15, 0.2) is 0 Å². The van der Waals surface area contributed by atoms with E-state index in [0.29, 0.717) is 12.5 Å². The van der Waals surface area contributed by atoms with Crippen molar-refractivity contribution in [1.82, 2.24) is 0 Å². The number of hydrogen-bond donors (Lipinski definition) is 1. The van der Waals surface area contributed by atoms with Gasteiger partial charge in [-0.1, -0.05) is 30.3 Å². The molecule has 31 heavy (non-hydrogen) atoms. The van der Waals surface area contributed by atoms with Crippen LogP contribution in [-0.4, -0.2) is 13.2 Å². The van der Waals surface area contributed by atoms with E-state index < -0.39 is 29.6 Å². The quantitative estimate of drug-likeness (QED) is 0.494. The molecule has 0 amide bonds. The molecule has 1 saturated carbocycles. The molecule has 0 aromatic heterocycles. The van der Waals surface area contributed by atoms with E-state index in [0.717, 1.165) is 37.0 Å². The fourth-order valence-corrected chi connectivity index (χ4v) is 4.31. The molecule has 2 aromatic carbocycles. The second-order valence-corrected chi connectivity index (χ2v) is 8.29. The van der Waals surface area contributed by atoms with Crippen molar-refractivity contribution in [1.29, 1.82) is 0 Å². The lowest BCUT2D eigenvalue weighted by atomic mass is 9.58. The summed E-state index contributed by atoms with van der Waals surface area (Å²) in [5, 5.41) is 0. The molecule has 1 aliphatic rings. The molecule has 8 heteroatoms. The first-order chi connectivity index (χ1) is 14.4.